The molecule has 0 unspecified atom stereocenters. The third-order valence-electron chi connectivity index (χ3n) is 4.34. The predicted molar refractivity (Wildman–Crippen MR) is 84.5 cm³/mol. The molecule has 2 N–H and O–H groups in total. The topological polar surface area (TPSA) is 46.5 Å². The number of halogens is 1. The molecule has 0 radical (unpaired) electrons. The average molecular weight is 308 g/mol. The van der Waals surface area contributed by atoms with Gasteiger partial charge >= 0.3 is 0 Å². The number of hydrogen-bond acceptors (Lipinski definition) is 2. The van der Waals surface area contributed by atoms with Crippen molar-refractivity contribution in [3.8, 4) is 5.75 Å². The Bertz CT molecular complexity index is 733. The lowest BCUT2D eigenvalue weighted by Crippen LogP contribution is -3.08. The van der Waals surface area contributed by atoms with E-state index in [0.717, 1.165) is 30.9 Å². The first-order chi connectivity index (χ1) is 10.1. The van der Waals surface area contributed by atoms with Gasteiger partial charge in [-0.1, -0.05) is 11.6 Å². The molecule has 1 aromatic heterocycles. The molecule has 2 heterocycles. The van der Waals surface area contributed by atoms with Gasteiger partial charge < -0.3 is 14.6 Å². The number of methoxy groups -OCH3 is 1. The van der Waals surface area contributed by atoms with Gasteiger partial charge in [0.15, 0.2) is 5.43 Å². The van der Waals surface area contributed by atoms with Gasteiger partial charge in [-0.3, -0.25) is 4.79 Å². The fraction of sp³-hybridized carbons (Fsp3) is 0.438. The molecular weight excluding hydrogens is 288 g/mol. The maximum atomic E-state index is 12.9. The Morgan fingerprint density at radius 1 is 1.33 bits per heavy atom. The van der Waals surface area contributed by atoms with E-state index in [1.165, 1.54) is 17.7 Å². The standard InChI is InChI=1S/C16H19ClN2O2/c1-10-11(9-19-7-3-4-8-19)16(20)14-12(17)5-6-13(21-2)15(14)18-10/h5-6H,3-4,7-9H2,1-2H3,(H,18,20)/p+1. The van der Waals surface area contributed by atoms with Crippen LogP contribution < -0.4 is 15.1 Å². The Morgan fingerprint density at radius 2 is 2.05 bits per heavy atom. The van der Waals surface area contributed by atoms with E-state index >= 15 is 0 Å². The molecule has 1 saturated heterocycles. The van der Waals surface area contributed by atoms with E-state index < -0.39 is 0 Å². The second kappa shape index (κ2) is 5.70. The lowest BCUT2D eigenvalue weighted by Gasteiger charge is -2.15. The summed E-state index contributed by atoms with van der Waals surface area (Å²) in [6, 6.07) is 3.51. The molecule has 1 aliphatic heterocycles. The summed E-state index contributed by atoms with van der Waals surface area (Å²) in [7, 11) is 1.60. The molecule has 21 heavy (non-hydrogen) atoms. The van der Waals surface area contributed by atoms with Crippen LogP contribution in [0.4, 0.5) is 0 Å². The van der Waals surface area contributed by atoms with Crippen LogP contribution in [-0.4, -0.2) is 25.2 Å². The van der Waals surface area contributed by atoms with Gasteiger partial charge in [-0.25, -0.2) is 0 Å². The van der Waals surface area contributed by atoms with Gasteiger partial charge in [-0.2, -0.15) is 0 Å². The van der Waals surface area contributed by atoms with Gasteiger partial charge in [0.05, 0.1) is 41.7 Å². The van der Waals surface area contributed by atoms with Crippen LogP contribution in [0.5, 0.6) is 5.75 Å². The van der Waals surface area contributed by atoms with Crippen molar-refractivity contribution in [2.24, 2.45) is 0 Å². The molecule has 0 spiro atoms. The summed E-state index contributed by atoms with van der Waals surface area (Å²) < 4.78 is 5.33. The first-order valence-electron chi connectivity index (χ1n) is 7.33. The zero-order chi connectivity index (χ0) is 15.0. The second-order valence-electron chi connectivity index (χ2n) is 5.69. The molecule has 5 heteroatoms. The number of aryl methyl sites for hydroxylation is 1. The van der Waals surface area contributed by atoms with E-state index in [4.69, 9.17) is 16.3 Å². The van der Waals surface area contributed by atoms with E-state index in [1.54, 1.807) is 19.2 Å². The van der Waals surface area contributed by atoms with Crippen molar-refractivity contribution in [3.63, 3.8) is 0 Å². The first kappa shape index (κ1) is 14.4. The van der Waals surface area contributed by atoms with Crippen LogP contribution >= 0.6 is 11.6 Å². The van der Waals surface area contributed by atoms with Crippen LogP contribution in [0.25, 0.3) is 10.9 Å². The number of likely N-dealkylation sites (tertiary alicyclic amines) is 1. The fourth-order valence-corrected chi connectivity index (χ4v) is 3.42. The van der Waals surface area contributed by atoms with Gasteiger partial charge in [0.25, 0.3) is 0 Å². The first-order valence-corrected chi connectivity index (χ1v) is 7.71. The Morgan fingerprint density at radius 3 is 2.71 bits per heavy atom. The third-order valence-corrected chi connectivity index (χ3v) is 4.65. The molecule has 0 saturated carbocycles. The van der Waals surface area contributed by atoms with E-state index in [-0.39, 0.29) is 5.43 Å². The zero-order valence-electron chi connectivity index (χ0n) is 12.4. The smallest absolute Gasteiger partial charge is 0.200 e. The minimum atomic E-state index is 0.0320. The van der Waals surface area contributed by atoms with Gasteiger partial charge in [-0.15, -0.1) is 0 Å². The molecule has 1 aliphatic rings. The lowest BCUT2D eigenvalue weighted by atomic mass is 10.1. The number of ether oxygens (including phenoxy) is 1. The van der Waals surface area contributed by atoms with Crippen LogP contribution in [0.3, 0.4) is 0 Å². The number of rotatable bonds is 3. The summed E-state index contributed by atoms with van der Waals surface area (Å²) in [5, 5.41) is 1.01. The quantitative estimate of drug-likeness (QED) is 0.906. The van der Waals surface area contributed by atoms with E-state index in [0.29, 0.717) is 21.7 Å². The van der Waals surface area contributed by atoms with Crippen LogP contribution in [0.1, 0.15) is 24.1 Å². The van der Waals surface area contributed by atoms with Crippen molar-refractivity contribution in [2.45, 2.75) is 26.3 Å². The molecular formula is C16H20ClN2O2+. The van der Waals surface area contributed by atoms with E-state index in [2.05, 4.69) is 4.98 Å². The van der Waals surface area contributed by atoms with Crippen LogP contribution in [0, 0.1) is 6.92 Å². The summed E-state index contributed by atoms with van der Waals surface area (Å²) in [6.45, 7) is 5.00. The molecule has 2 aromatic rings. The van der Waals surface area contributed by atoms with Gasteiger partial charge in [-0.05, 0) is 19.1 Å². The highest BCUT2D eigenvalue weighted by Crippen LogP contribution is 2.28. The Hall–Kier alpha value is -1.52. The molecule has 4 nitrogen and oxygen atoms in total. The van der Waals surface area contributed by atoms with Crippen LogP contribution in [-0.2, 0) is 6.54 Å². The number of hydrogen-bond donors (Lipinski definition) is 2. The largest absolute Gasteiger partial charge is 0.495 e. The number of pyridine rings is 1. The van der Waals surface area contributed by atoms with Crippen molar-refractivity contribution < 1.29 is 9.64 Å². The van der Waals surface area contributed by atoms with Crippen LogP contribution in [0.2, 0.25) is 5.02 Å². The summed E-state index contributed by atoms with van der Waals surface area (Å²) in [4.78, 5) is 17.6. The minimum absolute atomic E-state index is 0.0320. The van der Waals surface area contributed by atoms with Crippen molar-refractivity contribution in [1.82, 2.24) is 4.98 Å². The van der Waals surface area contributed by atoms with Gasteiger partial charge in [0.1, 0.15) is 12.3 Å². The third kappa shape index (κ3) is 2.54. The van der Waals surface area contributed by atoms with Gasteiger partial charge in [0.2, 0.25) is 0 Å². The van der Waals surface area contributed by atoms with Gasteiger partial charge in [0, 0.05) is 18.5 Å². The number of aromatic amines is 1. The Labute approximate surface area is 128 Å². The highest BCUT2D eigenvalue weighted by atomic mass is 35.5. The fourth-order valence-electron chi connectivity index (χ4n) is 3.17. The SMILES string of the molecule is COc1ccc(Cl)c2c(=O)c(C[NH+]3CCCC3)c(C)[nH]c12. The molecule has 3 rings (SSSR count). The molecule has 0 atom stereocenters. The minimum Gasteiger partial charge on any atom is -0.495 e. The van der Waals surface area contributed by atoms with Crippen molar-refractivity contribution in [2.75, 3.05) is 20.2 Å². The maximum absolute atomic E-state index is 12.9. The summed E-state index contributed by atoms with van der Waals surface area (Å²) in [5.74, 6) is 0.648. The van der Waals surface area contributed by atoms with Crippen molar-refractivity contribution in [1.29, 1.82) is 0 Å². The molecule has 1 aromatic carbocycles. The average Bonchev–Trinajstić information content (AvgIpc) is 2.96. The number of fused-ring (bicyclic) bond motifs is 1. The number of nitrogens with one attached hydrogen (secondary N) is 2. The number of H-pyrrole nitrogens is 1. The molecule has 112 valence electrons. The van der Waals surface area contributed by atoms with Crippen LogP contribution in [0.15, 0.2) is 16.9 Å². The normalized spacial score (nSPS) is 15.8. The molecule has 0 bridgehead atoms. The highest BCUT2D eigenvalue weighted by molar-refractivity contribution is 6.35. The van der Waals surface area contributed by atoms with E-state index in [1.807, 2.05) is 6.92 Å². The van der Waals surface area contributed by atoms with Crippen molar-refractivity contribution >= 4 is 22.5 Å². The number of quaternary nitrogens is 1. The monoisotopic (exact) mass is 307 g/mol. The Kier molecular flexibility index (Phi) is 3.91. The number of benzene rings is 1. The zero-order valence-corrected chi connectivity index (χ0v) is 13.1. The summed E-state index contributed by atoms with van der Waals surface area (Å²) in [5.41, 5.74) is 2.47. The highest BCUT2D eigenvalue weighted by Gasteiger charge is 2.21. The summed E-state index contributed by atoms with van der Waals surface area (Å²) in [6.07, 6.45) is 2.49. The summed E-state index contributed by atoms with van der Waals surface area (Å²) >= 11 is 6.25. The number of aromatic nitrogens is 1. The second-order valence-corrected chi connectivity index (χ2v) is 6.10. The van der Waals surface area contributed by atoms with E-state index in [9.17, 15) is 4.79 Å². The molecule has 1 fully saturated rings. The van der Waals surface area contributed by atoms with Crippen molar-refractivity contribution in [3.05, 3.63) is 38.6 Å². The maximum Gasteiger partial charge on any atom is 0.200 e. The molecule has 0 aliphatic carbocycles. The lowest BCUT2D eigenvalue weighted by molar-refractivity contribution is -0.901. The molecule has 0 amide bonds. The Balaban J connectivity index is 2.18. The predicted octanol–water partition coefficient (Wildman–Crippen LogP) is 1.68.